The Morgan fingerprint density at radius 3 is 0.984 bits per heavy atom. The van der Waals surface area contributed by atoms with E-state index in [1.165, 1.54) is 11.1 Å². The van der Waals surface area contributed by atoms with Gasteiger partial charge in [0.1, 0.15) is 22.4 Å². The Balaban J connectivity index is 0.00000115. The van der Waals surface area contributed by atoms with Crippen molar-refractivity contribution in [1.29, 1.82) is 0 Å². The van der Waals surface area contributed by atoms with Gasteiger partial charge in [-0.2, -0.15) is 0 Å². The third-order valence-electron chi connectivity index (χ3n) is 10.2. The predicted octanol–water partition coefficient (Wildman–Crippen LogP) is 3.62. The number of aliphatic hydroxyl groups excluding tert-OH is 1. The van der Waals surface area contributed by atoms with Crippen molar-refractivity contribution in [2.75, 3.05) is 126 Å². The Morgan fingerprint density at radius 2 is 0.730 bits per heavy atom. The molecule has 0 aromatic heterocycles. The molecular weight excluding hydrogens is 840 g/mol. The second kappa shape index (κ2) is 36.5. The summed E-state index contributed by atoms with van der Waals surface area (Å²) in [5, 5.41) is 30.0. The van der Waals surface area contributed by atoms with Crippen LogP contribution in [0.5, 0.6) is 0 Å². The summed E-state index contributed by atoms with van der Waals surface area (Å²) in [6.45, 7) is 24.1. The maximum absolute atomic E-state index is 10.8. The smallest absolute Gasteiger partial charge is 0.870 e. The Hall–Kier alpha value is -0.484. The molecule has 0 aliphatic carbocycles. The van der Waals surface area contributed by atoms with E-state index in [1.807, 2.05) is 0 Å². The van der Waals surface area contributed by atoms with Crippen LogP contribution in [0.15, 0.2) is 48.5 Å². The summed E-state index contributed by atoms with van der Waals surface area (Å²) in [5.74, 6) is 0. The Labute approximate surface area is 422 Å². The van der Waals surface area contributed by atoms with E-state index < -0.39 is 11.2 Å². The van der Waals surface area contributed by atoms with Crippen LogP contribution >= 0.6 is 0 Å². The summed E-state index contributed by atoms with van der Waals surface area (Å²) in [4.78, 5) is 0. The van der Waals surface area contributed by atoms with Crippen LogP contribution in [0.3, 0.4) is 0 Å². The molecule has 0 amide bonds. The van der Waals surface area contributed by atoms with Gasteiger partial charge in [0.05, 0.1) is 106 Å². The zero-order chi connectivity index (χ0) is 44.7. The molecule has 360 valence electrons. The summed E-state index contributed by atoms with van der Waals surface area (Å²) < 4.78 is 54.0. The van der Waals surface area contributed by atoms with Crippen LogP contribution in [0.25, 0.3) is 0 Å². The minimum absolute atomic E-state index is 0. The minimum atomic E-state index is -1.15. The monoisotopic (exact) mass is 923 g/mol. The number of rotatable bonds is 34. The molecule has 4 atom stereocenters. The van der Waals surface area contributed by atoms with E-state index in [4.69, 9.17) is 52.5 Å². The molecule has 0 radical (unpaired) electrons. The van der Waals surface area contributed by atoms with Crippen LogP contribution in [0.4, 0.5) is 0 Å². The van der Waals surface area contributed by atoms with Crippen LogP contribution in [-0.4, -0.2) is 146 Å². The van der Waals surface area contributed by atoms with Gasteiger partial charge in [-0.15, -0.1) is 0 Å². The number of hydrogen-bond acceptors (Lipinski definition) is 14. The first-order chi connectivity index (χ1) is 29.4. The summed E-state index contributed by atoms with van der Waals surface area (Å²) >= 11 is 0. The van der Waals surface area contributed by atoms with Crippen molar-refractivity contribution < 1.29 is 120 Å². The second-order valence-corrected chi connectivity index (χ2v) is 16.3. The molecule has 0 saturated carbocycles. The molecule has 14 nitrogen and oxygen atoms in total. The normalized spacial score (nSPS) is 19.2. The van der Waals surface area contributed by atoms with E-state index in [0.717, 1.165) is 71.6 Å². The number of epoxide rings is 2. The van der Waals surface area contributed by atoms with Crippen molar-refractivity contribution in [1.82, 2.24) is 0 Å². The van der Waals surface area contributed by atoms with Gasteiger partial charge >= 0.3 is 51.4 Å². The molecule has 2 aromatic rings. The fourth-order valence-corrected chi connectivity index (χ4v) is 5.63. The van der Waals surface area contributed by atoms with E-state index in [0.29, 0.717) is 83.8 Å². The number of hydrogen-bond donors (Lipinski definition) is 3. The first kappa shape index (κ1) is 62.5. The molecule has 15 heteroatoms. The molecule has 4 rings (SSSR count). The fraction of sp³-hybridized carbons (Fsp3) is 0.750. The van der Waals surface area contributed by atoms with Crippen molar-refractivity contribution in [2.24, 2.45) is 0 Å². The Kier molecular flexibility index (Phi) is 36.3. The predicted molar refractivity (Wildman–Crippen MR) is 239 cm³/mol. The first-order valence-corrected chi connectivity index (χ1v) is 22.5. The molecule has 2 aliphatic heterocycles. The largest absolute Gasteiger partial charge is 1.00 e. The van der Waals surface area contributed by atoms with E-state index in [9.17, 15) is 10.2 Å². The van der Waals surface area contributed by atoms with Crippen molar-refractivity contribution in [2.45, 2.75) is 109 Å². The quantitative estimate of drug-likeness (QED) is 0.0525. The minimum Gasteiger partial charge on any atom is -0.870 e. The molecule has 0 bridgehead atoms. The third kappa shape index (κ3) is 28.5. The second-order valence-electron chi connectivity index (χ2n) is 16.3. The molecule has 4 unspecified atom stereocenters. The van der Waals surface area contributed by atoms with Crippen LogP contribution in [-0.2, 0) is 69.8 Å². The average Bonchev–Trinajstić information content (AvgIpc) is 4.20. The summed E-state index contributed by atoms with van der Waals surface area (Å²) in [5.41, 5.74) is 1.64. The standard InChI is InChI=1S/C28H50O8.C12H14O2.C8H18O3.K.H2O/c1-5-7-13-31-15-17-33-19-21-35-23-27(3,29)25-9-11-26(12-10-25)28(4,30)24-36-22-20-34-18-16-32-14-8-6-2;1-11(7-13-11)9-3-5-10(6-4-9)12(2)8-14-12;1-2-3-5-10-7-8-11-6-4-9;;/h9-12,29-30H,5-8,13-24H2,1-4H3;3-6H,7-8H2,1-2H3;9H,2-8H2,1H3;;1H2/q;;;+1;/p-1. The third-order valence-corrected chi connectivity index (χ3v) is 10.2. The number of benzene rings is 2. The topological polar surface area (TPSA) is 190 Å². The van der Waals surface area contributed by atoms with Crippen molar-refractivity contribution >= 4 is 0 Å². The van der Waals surface area contributed by atoms with Gasteiger partial charge < -0.3 is 68.2 Å². The van der Waals surface area contributed by atoms with Gasteiger partial charge in [-0.3, -0.25) is 0 Å². The van der Waals surface area contributed by atoms with Crippen molar-refractivity contribution in [3.8, 4) is 0 Å². The fourth-order valence-electron chi connectivity index (χ4n) is 5.63. The SMILES string of the molecule is CC1(c2ccc(C3(C)CO3)cc2)CO1.CCCCOCCOCCO.CCCCOCCOCCOCC(C)(O)c1ccc(C(C)(O)COCCOCCOCCCC)cc1.[K+].[OH-]. The first-order valence-electron chi connectivity index (χ1n) is 22.5. The molecule has 2 fully saturated rings. The van der Waals surface area contributed by atoms with E-state index in [2.05, 4.69) is 58.9 Å². The maximum atomic E-state index is 10.8. The molecule has 2 heterocycles. The van der Waals surface area contributed by atoms with E-state index in [-0.39, 0.29) is 87.9 Å². The van der Waals surface area contributed by atoms with Crippen LogP contribution in [0.1, 0.15) is 109 Å². The van der Waals surface area contributed by atoms with Crippen molar-refractivity contribution in [3.05, 3.63) is 70.8 Å². The van der Waals surface area contributed by atoms with Gasteiger partial charge in [-0.1, -0.05) is 88.6 Å². The zero-order valence-electron chi connectivity index (χ0n) is 40.2. The zero-order valence-corrected chi connectivity index (χ0v) is 43.3. The summed E-state index contributed by atoms with van der Waals surface area (Å²) in [7, 11) is 0. The molecule has 2 aromatic carbocycles. The van der Waals surface area contributed by atoms with Gasteiger partial charge in [-0.05, 0) is 69.2 Å². The van der Waals surface area contributed by atoms with E-state index >= 15 is 0 Å². The summed E-state index contributed by atoms with van der Waals surface area (Å²) in [6, 6.07) is 15.8. The number of ether oxygens (including phenoxy) is 10. The van der Waals surface area contributed by atoms with Gasteiger partial charge in [0.25, 0.3) is 0 Å². The molecule has 63 heavy (non-hydrogen) atoms. The van der Waals surface area contributed by atoms with Gasteiger partial charge in [0.2, 0.25) is 0 Å². The Bertz CT molecular complexity index is 1240. The van der Waals surface area contributed by atoms with Crippen LogP contribution in [0.2, 0.25) is 0 Å². The average molecular weight is 923 g/mol. The van der Waals surface area contributed by atoms with Gasteiger partial charge in [0, 0.05) is 19.8 Å². The molecule has 0 spiro atoms. The molecular formula is C48H83KO14. The summed E-state index contributed by atoms with van der Waals surface area (Å²) in [6.07, 6.45) is 6.65. The van der Waals surface area contributed by atoms with Crippen molar-refractivity contribution in [3.63, 3.8) is 0 Å². The molecule has 4 N–H and O–H groups in total. The van der Waals surface area contributed by atoms with Gasteiger partial charge in [-0.25, -0.2) is 0 Å². The van der Waals surface area contributed by atoms with Gasteiger partial charge in [0.15, 0.2) is 0 Å². The molecule has 2 aliphatic rings. The number of aliphatic hydroxyl groups is 3. The Morgan fingerprint density at radius 1 is 0.476 bits per heavy atom. The number of unbranched alkanes of at least 4 members (excludes halogenated alkanes) is 3. The van der Waals surface area contributed by atoms with Crippen LogP contribution < -0.4 is 51.4 Å². The van der Waals surface area contributed by atoms with E-state index in [1.54, 1.807) is 38.1 Å². The maximum Gasteiger partial charge on any atom is 1.00 e. The molecule has 2 saturated heterocycles. The van der Waals surface area contributed by atoms with Crippen LogP contribution in [0, 0.1) is 0 Å².